The van der Waals surface area contributed by atoms with Crippen molar-refractivity contribution in [2.75, 3.05) is 11.9 Å². The van der Waals surface area contributed by atoms with E-state index in [0.717, 1.165) is 31.6 Å². The highest BCUT2D eigenvalue weighted by atomic mass is 35.5. The van der Waals surface area contributed by atoms with Gasteiger partial charge in [0, 0.05) is 12.7 Å². The lowest BCUT2D eigenvalue weighted by molar-refractivity contribution is 0.178. The summed E-state index contributed by atoms with van der Waals surface area (Å²) in [6.45, 7) is 0.881. The average molecular weight is 227 g/mol. The number of hydrogen-bond donors (Lipinski definition) is 2. The van der Waals surface area contributed by atoms with Crippen molar-refractivity contribution in [1.82, 2.24) is 4.98 Å². The molecule has 1 saturated carbocycles. The minimum atomic E-state index is -0.102. The van der Waals surface area contributed by atoms with E-state index in [2.05, 4.69) is 10.3 Å². The van der Waals surface area contributed by atoms with Crippen molar-refractivity contribution in [2.45, 2.75) is 25.4 Å². The zero-order valence-electron chi connectivity index (χ0n) is 8.49. The smallest absolute Gasteiger partial charge is 0.125 e. The minimum absolute atomic E-state index is 0.102. The topological polar surface area (TPSA) is 45.1 Å². The third-order valence-corrected chi connectivity index (χ3v) is 3.04. The van der Waals surface area contributed by atoms with E-state index in [0.29, 0.717) is 10.9 Å². The van der Waals surface area contributed by atoms with E-state index in [4.69, 9.17) is 11.6 Å². The number of hydrogen-bond acceptors (Lipinski definition) is 3. The molecule has 2 unspecified atom stereocenters. The molecular formula is C11H15ClN2O. The van der Waals surface area contributed by atoms with Crippen LogP contribution in [0.3, 0.4) is 0 Å². The maximum absolute atomic E-state index is 9.37. The molecule has 1 aromatic rings. The van der Waals surface area contributed by atoms with Gasteiger partial charge in [-0.15, -0.1) is 0 Å². The van der Waals surface area contributed by atoms with Crippen LogP contribution in [0.25, 0.3) is 0 Å². The second kappa shape index (κ2) is 4.81. The Morgan fingerprint density at radius 1 is 1.47 bits per heavy atom. The third-order valence-electron chi connectivity index (χ3n) is 2.81. The highest BCUT2D eigenvalue weighted by Gasteiger charge is 2.22. The van der Waals surface area contributed by atoms with Crippen LogP contribution < -0.4 is 5.32 Å². The fourth-order valence-electron chi connectivity index (χ4n) is 1.96. The highest BCUT2D eigenvalue weighted by molar-refractivity contribution is 6.30. The van der Waals surface area contributed by atoms with Gasteiger partial charge in [-0.1, -0.05) is 11.6 Å². The van der Waals surface area contributed by atoms with Crippen LogP contribution in [-0.2, 0) is 0 Å². The van der Waals surface area contributed by atoms with E-state index in [1.807, 2.05) is 12.1 Å². The van der Waals surface area contributed by atoms with E-state index in [9.17, 15) is 5.11 Å². The molecule has 15 heavy (non-hydrogen) atoms. The first-order chi connectivity index (χ1) is 7.24. The monoisotopic (exact) mass is 226 g/mol. The summed E-state index contributed by atoms with van der Waals surface area (Å²) in [6.07, 6.45) is 4.46. The molecule has 0 aromatic carbocycles. The Morgan fingerprint density at radius 2 is 2.33 bits per heavy atom. The van der Waals surface area contributed by atoms with E-state index >= 15 is 0 Å². The van der Waals surface area contributed by atoms with Gasteiger partial charge >= 0.3 is 0 Å². The van der Waals surface area contributed by atoms with Crippen LogP contribution >= 0.6 is 11.6 Å². The summed E-state index contributed by atoms with van der Waals surface area (Å²) in [7, 11) is 0. The normalized spacial score (nSPS) is 25.5. The van der Waals surface area contributed by atoms with Crippen LogP contribution in [0, 0.1) is 5.92 Å². The van der Waals surface area contributed by atoms with Gasteiger partial charge in [-0.2, -0.15) is 0 Å². The van der Waals surface area contributed by atoms with Gasteiger partial charge in [0.25, 0.3) is 0 Å². The van der Waals surface area contributed by atoms with Gasteiger partial charge in [0.15, 0.2) is 0 Å². The molecule has 1 aliphatic carbocycles. The molecule has 0 spiro atoms. The summed E-state index contributed by atoms with van der Waals surface area (Å²) in [6, 6.07) is 3.69. The Kier molecular flexibility index (Phi) is 3.44. The molecule has 4 heteroatoms. The quantitative estimate of drug-likeness (QED) is 0.832. The third kappa shape index (κ3) is 3.08. The summed E-state index contributed by atoms with van der Waals surface area (Å²) in [5, 5.41) is 13.3. The number of aliphatic hydroxyl groups is 1. The maximum Gasteiger partial charge on any atom is 0.125 e. The van der Waals surface area contributed by atoms with Crippen LogP contribution in [0.4, 0.5) is 5.82 Å². The Balaban J connectivity index is 1.80. The molecule has 0 amide bonds. The molecule has 0 radical (unpaired) electrons. The number of aliphatic hydroxyl groups excluding tert-OH is 1. The second-order valence-corrected chi connectivity index (χ2v) is 4.51. The second-order valence-electron chi connectivity index (χ2n) is 4.08. The van der Waals surface area contributed by atoms with E-state index in [1.54, 1.807) is 6.20 Å². The molecule has 2 N–H and O–H groups in total. The molecule has 82 valence electrons. The molecule has 0 saturated heterocycles. The number of pyridine rings is 1. The van der Waals surface area contributed by atoms with Crippen molar-refractivity contribution >= 4 is 17.4 Å². The Hall–Kier alpha value is -0.800. The lowest BCUT2D eigenvalue weighted by atomic mass is 10.1. The van der Waals surface area contributed by atoms with Crippen molar-refractivity contribution in [2.24, 2.45) is 5.92 Å². The zero-order valence-corrected chi connectivity index (χ0v) is 9.24. The lowest BCUT2D eigenvalue weighted by Crippen LogP contribution is -2.13. The van der Waals surface area contributed by atoms with Crippen LogP contribution in [0.15, 0.2) is 18.3 Å². The summed E-state index contributed by atoms with van der Waals surface area (Å²) in [5.41, 5.74) is 0. The molecule has 2 rings (SSSR count). The van der Waals surface area contributed by atoms with Crippen molar-refractivity contribution in [3.8, 4) is 0 Å². The van der Waals surface area contributed by atoms with Crippen LogP contribution in [0.1, 0.15) is 19.3 Å². The SMILES string of the molecule is OC1CCC(CNc2ccc(Cl)cn2)C1. The predicted molar refractivity (Wildman–Crippen MR) is 61.1 cm³/mol. The minimum Gasteiger partial charge on any atom is -0.393 e. The summed E-state index contributed by atoms with van der Waals surface area (Å²) >= 11 is 5.73. The number of halogens is 1. The number of nitrogens with zero attached hydrogens (tertiary/aromatic N) is 1. The first kappa shape index (κ1) is 10.7. The van der Waals surface area contributed by atoms with Crippen LogP contribution in [0.2, 0.25) is 5.02 Å². The van der Waals surface area contributed by atoms with Gasteiger partial charge < -0.3 is 10.4 Å². The predicted octanol–water partition coefficient (Wildman–Crippen LogP) is 2.31. The van der Waals surface area contributed by atoms with Crippen molar-refractivity contribution < 1.29 is 5.11 Å². The van der Waals surface area contributed by atoms with E-state index in [1.165, 1.54) is 0 Å². The Morgan fingerprint density at radius 3 is 2.93 bits per heavy atom. The molecule has 1 aromatic heterocycles. The molecule has 1 fully saturated rings. The highest BCUT2D eigenvalue weighted by Crippen LogP contribution is 2.25. The first-order valence-electron chi connectivity index (χ1n) is 5.27. The maximum atomic E-state index is 9.37. The van der Waals surface area contributed by atoms with Crippen LogP contribution in [0.5, 0.6) is 0 Å². The summed E-state index contributed by atoms with van der Waals surface area (Å²) < 4.78 is 0. The molecule has 2 atom stereocenters. The van der Waals surface area contributed by atoms with E-state index < -0.39 is 0 Å². The standard InChI is InChI=1S/C11H15ClN2O/c12-9-2-4-11(14-7-9)13-6-8-1-3-10(15)5-8/h2,4,7-8,10,15H,1,3,5-6H2,(H,13,14). The Labute approximate surface area is 94.5 Å². The molecule has 1 aliphatic rings. The molecule has 0 aliphatic heterocycles. The molecule has 1 heterocycles. The number of rotatable bonds is 3. The molecule has 0 bridgehead atoms. The van der Waals surface area contributed by atoms with Gasteiger partial charge in [0.2, 0.25) is 0 Å². The first-order valence-corrected chi connectivity index (χ1v) is 5.65. The van der Waals surface area contributed by atoms with Crippen molar-refractivity contribution in [3.63, 3.8) is 0 Å². The van der Waals surface area contributed by atoms with Gasteiger partial charge in [-0.05, 0) is 37.3 Å². The number of aromatic nitrogens is 1. The van der Waals surface area contributed by atoms with Gasteiger partial charge in [-0.3, -0.25) is 0 Å². The van der Waals surface area contributed by atoms with Gasteiger partial charge in [0.1, 0.15) is 5.82 Å². The average Bonchev–Trinajstić information content (AvgIpc) is 2.64. The van der Waals surface area contributed by atoms with Crippen LogP contribution in [-0.4, -0.2) is 22.7 Å². The molecular weight excluding hydrogens is 212 g/mol. The lowest BCUT2D eigenvalue weighted by Gasteiger charge is -2.10. The zero-order chi connectivity index (χ0) is 10.7. The largest absolute Gasteiger partial charge is 0.393 e. The van der Waals surface area contributed by atoms with Crippen molar-refractivity contribution in [3.05, 3.63) is 23.4 Å². The fourth-order valence-corrected chi connectivity index (χ4v) is 2.08. The van der Waals surface area contributed by atoms with Gasteiger partial charge in [-0.25, -0.2) is 4.98 Å². The fraction of sp³-hybridized carbons (Fsp3) is 0.545. The van der Waals surface area contributed by atoms with E-state index in [-0.39, 0.29) is 6.10 Å². The van der Waals surface area contributed by atoms with Crippen molar-refractivity contribution in [1.29, 1.82) is 0 Å². The number of nitrogens with one attached hydrogen (secondary N) is 1. The molecule has 3 nitrogen and oxygen atoms in total. The van der Waals surface area contributed by atoms with Gasteiger partial charge in [0.05, 0.1) is 11.1 Å². The Bertz CT molecular complexity index is 315. The summed E-state index contributed by atoms with van der Waals surface area (Å²) in [4.78, 5) is 4.15. The summed E-state index contributed by atoms with van der Waals surface area (Å²) in [5.74, 6) is 1.42. The number of anilines is 1.